The maximum Gasteiger partial charge on any atom is 0.0189 e. The molecule has 0 spiro atoms. The number of hydrogen-bond acceptors (Lipinski definition) is 2. The molecule has 0 fully saturated rings. The normalized spacial score (nSPS) is 11.7. The second kappa shape index (κ2) is 6.02. The van der Waals surface area contributed by atoms with Gasteiger partial charge in [-0.25, -0.2) is 0 Å². The molecule has 2 N–H and O–H groups in total. The van der Waals surface area contributed by atoms with E-state index in [0.29, 0.717) is 6.54 Å². The second-order valence-electron chi connectivity index (χ2n) is 6.19. The van der Waals surface area contributed by atoms with E-state index in [0.717, 1.165) is 0 Å². The minimum Gasteiger partial charge on any atom is -0.326 e. The molecule has 0 radical (unpaired) electrons. The summed E-state index contributed by atoms with van der Waals surface area (Å²) in [5.41, 5.74) is 9.87. The third kappa shape index (κ3) is 3.65. The highest BCUT2D eigenvalue weighted by atomic mass is 32.2. The van der Waals surface area contributed by atoms with Crippen LogP contribution >= 0.6 is 11.8 Å². The van der Waals surface area contributed by atoms with Gasteiger partial charge in [-0.15, -0.1) is 0 Å². The summed E-state index contributed by atoms with van der Waals surface area (Å²) in [6.07, 6.45) is 0. The SMILES string of the molecule is Cc1ccc(CN)c(Sc2ccc(C(C)(C)C)cc2)c1. The van der Waals surface area contributed by atoms with E-state index >= 15 is 0 Å². The van der Waals surface area contributed by atoms with Gasteiger partial charge in [0.15, 0.2) is 0 Å². The molecule has 0 aliphatic carbocycles. The molecule has 20 heavy (non-hydrogen) atoms. The fourth-order valence-corrected chi connectivity index (χ4v) is 3.13. The van der Waals surface area contributed by atoms with Crippen molar-refractivity contribution >= 4 is 11.8 Å². The molecule has 0 saturated heterocycles. The van der Waals surface area contributed by atoms with Gasteiger partial charge in [0.25, 0.3) is 0 Å². The third-order valence-electron chi connectivity index (χ3n) is 3.39. The quantitative estimate of drug-likeness (QED) is 0.867. The average Bonchev–Trinajstić information content (AvgIpc) is 2.38. The fraction of sp³-hybridized carbons (Fsp3) is 0.333. The lowest BCUT2D eigenvalue weighted by Crippen LogP contribution is -2.10. The number of hydrogen-bond donors (Lipinski definition) is 1. The van der Waals surface area contributed by atoms with Gasteiger partial charge in [0, 0.05) is 16.3 Å². The first-order chi connectivity index (χ1) is 9.40. The zero-order valence-electron chi connectivity index (χ0n) is 12.7. The van der Waals surface area contributed by atoms with Crippen LogP contribution in [0, 0.1) is 6.92 Å². The number of aryl methyl sites for hydroxylation is 1. The van der Waals surface area contributed by atoms with Crippen LogP contribution in [0.3, 0.4) is 0 Å². The molecule has 2 aromatic carbocycles. The zero-order chi connectivity index (χ0) is 14.8. The van der Waals surface area contributed by atoms with Crippen LogP contribution < -0.4 is 5.73 Å². The van der Waals surface area contributed by atoms with E-state index in [-0.39, 0.29) is 5.41 Å². The molecule has 0 bridgehead atoms. The van der Waals surface area contributed by atoms with Crippen LogP contribution in [0.2, 0.25) is 0 Å². The molecule has 1 nitrogen and oxygen atoms in total. The van der Waals surface area contributed by atoms with Crippen LogP contribution in [0.4, 0.5) is 0 Å². The fourth-order valence-electron chi connectivity index (χ4n) is 2.08. The lowest BCUT2D eigenvalue weighted by molar-refractivity contribution is 0.590. The van der Waals surface area contributed by atoms with E-state index in [1.807, 2.05) is 0 Å². The van der Waals surface area contributed by atoms with Crippen molar-refractivity contribution < 1.29 is 0 Å². The van der Waals surface area contributed by atoms with E-state index < -0.39 is 0 Å². The van der Waals surface area contributed by atoms with Crippen molar-refractivity contribution in [3.63, 3.8) is 0 Å². The van der Waals surface area contributed by atoms with Crippen LogP contribution in [0.5, 0.6) is 0 Å². The molecule has 0 aliphatic heterocycles. The summed E-state index contributed by atoms with van der Waals surface area (Å²) in [6.45, 7) is 9.42. The average molecular weight is 285 g/mol. The summed E-state index contributed by atoms with van der Waals surface area (Å²) in [5.74, 6) is 0. The molecule has 0 saturated carbocycles. The minimum atomic E-state index is 0.203. The molecular formula is C18H23NS. The first-order valence-electron chi connectivity index (χ1n) is 6.98. The summed E-state index contributed by atoms with van der Waals surface area (Å²) in [6, 6.07) is 15.3. The first kappa shape index (κ1) is 15.1. The molecule has 0 aliphatic rings. The molecule has 2 aromatic rings. The van der Waals surface area contributed by atoms with Crippen LogP contribution in [-0.4, -0.2) is 0 Å². The summed E-state index contributed by atoms with van der Waals surface area (Å²) in [5, 5.41) is 0. The molecule has 0 unspecified atom stereocenters. The van der Waals surface area contributed by atoms with Crippen molar-refractivity contribution in [3.8, 4) is 0 Å². The van der Waals surface area contributed by atoms with E-state index in [9.17, 15) is 0 Å². The summed E-state index contributed by atoms with van der Waals surface area (Å²) < 4.78 is 0. The van der Waals surface area contributed by atoms with Crippen molar-refractivity contribution in [1.29, 1.82) is 0 Å². The van der Waals surface area contributed by atoms with Crippen molar-refractivity contribution in [1.82, 2.24) is 0 Å². The Morgan fingerprint density at radius 1 is 1.00 bits per heavy atom. The van der Waals surface area contributed by atoms with Gasteiger partial charge in [-0.05, 0) is 47.2 Å². The predicted octanol–water partition coefficient (Wildman–Crippen LogP) is 4.90. The summed E-state index contributed by atoms with van der Waals surface area (Å²) in [7, 11) is 0. The Hall–Kier alpha value is -1.25. The molecule has 2 heteroatoms. The van der Waals surface area contributed by atoms with E-state index in [1.54, 1.807) is 11.8 Å². The highest BCUT2D eigenvalue weighted by Crippen LogP contribution is 2.32. The predicted molar refractivity (Wildman–Crippen MR) is 88.3 cm³/mol. The lowest BCUT2D eigenvalue weighted by Gasteiger charge is -2.19. The Balaban J connectivity index is 2.24. The molecular weight excluding hydrogens is 262 g/mol. The van der Waals surface area contributed by atoms with Gasteiger partial charge in [0.2, 0.25) is 0 Å². The highest BCUT2D eigenvalue weighted by molar-refractivity contribution is 7.99. The Morgan fingerprint density at radius 2 is 1.65 bits per heavy atom. The zero-order valence-corrected chi connectivity index (χ0v) is 13.6. The maximum atomic E-state index is 5.82. The molecule has 0 atom stereocenters. The van der Waals surface area contributed by atoms with Crippen LogP contribution in [0.15, 0.2) is 52.3 Å². The first-order valence-corrected chi connectivity index (χ1v) is 7.80. The Bertz CT molecular complexity index is 579. The molecule has 0 aromatic heterocycles. The van der Waals surface area contributed by atoms with Crippen LogP contribution in [-0.2, 0) is 12.0 Å². The van der Waals surface area contributed by atoms with Gasteiger partial charge in [-0.1, -0.05) is 56.8 Å². The van der Waals surface area contributed by atoms with Crippen LogP contribution in [0.1, 0.15) is 37.5 Å². The topological polar surface area (TPSA) is 26.0 Å². The van der Waals surface area contributed by atoms with Gasteiger partial charge >= 0.3 is 0 Å². The Kier molecular flexibility index (Phi) is 4.56. The largest absolute Gasteiger partial charge is 0.326 e. The van der Waals surface area contributed by atoms with Crippen molar-refractivity contribution in [2.24, 2.45) is 5.73 Å². The van der Waals surface area contributed by atoms with Gasteiger partial charge in [0.1, 0.15) is 0 Å². The number of rotatable bonds is 3. The number of benzene rings is 2. The van der Waals surface area contributed by atoms with Crippen LogP contribution in [0.25, 0.3) is 0 Å². The lowest BCUT2D eigenvalue weighted by atomic mass is 9.87. The highest BCUT2D eigenvalue weighted by Gasteiger charge is 2.13. The maximum absolute atomic E-state index is 5.82. The molecule has 0 amide bonds. The third-order valence-corrected chi connectivity index (χ3v) is 4.50. The number of nitrogens with two attached hydrogens (primary N) is 1. The standard InChI is InChI=1S/C18H23NS/c1-13-5-6-14(12-19)17(11-13)20-16-9-7-15(8-10-16)18(2,3)4/h5-11H,12,19H2,1-4H3. The molecule has 2 rings (SSSR count). The summed E-state index contributed by atoms with van der Waals surface area (Å²) >= 11 is 1.79. The van der Waals surface area contributed by atoms with E-state index in [4.69, 9.17) is 5.73 Å². The Morgan fingerprint density at radius 3 is 2.20 bits per heavy atom. The van der Waals surface area contributed by atoms with Crippen molar-refractivity contribution in [2.75, 3.05) is 0 Å². The Labute approximate surface area is 126 Å². The van der Waals surface area contributed by atoms with Crippen molar-refractivity contribution in [3.05, 3.63) is 59.2 Å². The van der Waals surface area contributed by atoms with Gasteiger partial charge in [-0.2, -0.15) is 0 Å². The minimum absolute atomic E-state index is 0.203. The van der Waals surface area contributed by atoms with Gasteiger partial charge in [-0.3, -0.25) is 0 Å². The van der Waals surface area contributed by atoms with Gasteiger partial charge in [0.05, 0.1) is 0 Å². The summed E-state index contributed by atoms with van der Waals surface area (Å²) in [4.78, 5) is 2.52. The molecule has 0 heterocycles. The van der Waals surface area contributed by atoms with Crippen molar-refractivity contribution in [2.45, 2.75) is 49.4 Å². The van der Waals surface area contributed by atoms with Gasteiger partial charge < -0.3 is 5.73 Å². The van der Waals surface area contributed by atoms with E-state index in [2.05, 4.69) is 70.2 Å². The van der Waals surface area contributed by atoms with E-state index in [1.165, 1.54) is 26.5 Å². The molecule has 106 valence electrons. The smallest absolute Gasteiger partial charge is 0.0189 e. The monoisotopic (exact) mass is 285 g/mol. The second-order valence-corrected chi connectivity index (χ2v) is 7.31.